The van der Waals surface area contributed by atoms with Crippen molar-refractivity contribution in [3.05, 3.63) is 83.6 Å². The molecule has 0 aliphatic carbocycles. The second-order valence-corrected chi connectivity index (χ2v) is 5.99. The number of aryl methyl sites for hydroxylation is 1. The lowest BCUT2D eigenvalue weighted by atomic mass is 9.97. The van der Waals surface area contributed by atoms with E-state index in [9.17, 15) is 5.11 Å². The van der Waals surface area contributed by atoms with Gasteiger partial charge in [-0.1, -0.05) is 60.7 Å². The van der Waals surface area contributed by atoms with Crippen LogP contribution in [0.15, 0.2) is 65.1 Å². The van der Waals surface area contributed by atoms with Crippen molar-refractivity contribution in [2.75, 3.05) is 13.2 Å². The number of hydrogen-bond donors (Lipinski definition) is 1. The van der Waals surface area contributed by atoms with Gasteiger partial charge in [-0.15, -0.1) is 10.2 Å². The summed E-state index contributed by atoms with van der Waals surface area (Å²) in [5.74, 6) is 1.15. The summed E-state index contributed by atoms with van der Waals surface area (Å²) in [5, 5.41) is 17.4. The summed E-state index contributed by atoms with van der Waals surface area (Å²) in [4.78, 5) is 2.27. The van der Waals surface area contributed by atoms with Gasteiger partial charge in [0.2, 0.25) is 11.8 Å². The van der Waals surface area contributed by atoms with E-state index in [4.69, 9.17) is 4.42 Å². The molecule has 0 aliphatic rings. The number of nitrogens with zero attached hydrogens (tertiary/aromatic N) is 3. The first-order valence-electron chi connectivity index (χ1n) is 8.51. The van der Waals surface area contributed by atoms with Gasteiger partial charge in [0.05, 0.1) is 12.6 Å². The molecule has 25 heavy (non-hydrogen) atoms. The fourth-order valence-electron chi connectivity index (χ4n) is 3.03. The molecule has 0 amide bonds. The zero-order valence-electron chi connectivity index (χ0n) is 14.4. The molecule has 3 rings (SSSR count). The van der Waals surface area contributed by atoms with Crippen LogP contribution < -0.4 is 0 Å². The number of aliphatic hydroxyl groups is 1. The molecule has 0 radical (unpaired) electrons. The number of rotatable bonds is 8. The van der Waals surface area contributed by atoms with Gasteiger partial charge in [-0.05, 0) is 17.5 Å². The molecule has 0 saturated carbocycles. The van der Waals surface area contributed by atoms with Crippen molar-refractivity contribution >= 4 is 0 Å². The summed E-state index contributed by atoms with van der Waals surface area (Å²) in [6.07, 6.45) is 0.684. The second kappa shape index (κ2) is 8.55. The molecule has 1 heterocycles. The summed E-state index contributed by atoms with van der Waals surface area (Å²) >= 11 is 0. The maximum absolute atomic E-state index is 9.33. The summed E-state index contributed by atoms with van der Waals surface area (Å²) < 4.78 is 5.59. The zero-order chi connectivity index (χ0) is 17.5. The quantitative estimate of drug-likeness (QED) is 0.683. The Morgan fingerprint density at radius 3 is 2.04 bits per heavy atom. The van der Waals surface area contributed by atoms with Gasteiger partial charge in [0.1, 0.15) is 0 Å². The first-order chi connectivity index (χ1) is 12.3. The van der Waals surface area contributed by atoms with Gasteiger partial charge < -0.3 is 9.52 Å². The highest BCUT2D eigenvalue weighted by atomic mass is 16.4. The molecule has 0 spiro atoms. The van der Waals surface area contributed by atoms with Crippen LogP contribution in [0.5, 0.6) is 0 Å². The van der Waals surface area contributed by atoms with Crippen LogP contribution in [0.4, 0.5) is 0 Å². The van der Waals surface area contributed by atoms with Crippen LogP contribution in [0.2, 0.25) is 0 Å². The Hall–Kier alpha value is -2.50. The van der Waals surface area contributed by atoms with Crippen molar-refractivity contribution in [2.45, 2.75) is 25.9 Å². The minimum Gasteiger partial charge on any atom is -0.424 e. The number of aromatic nitrogens is 2. The van der Waals surface area contributed by atoms with E-state index in [1.54, 1.807) is 6.92 Å². The molecule has 2 aromatic carbocycles. The Morgan fingerprint density at radius 2 is 1.56 bits per heavy atom. The van der Waals surface area contributed by atoms with E-state index in [0.29, 0.717) is 24.7 Å². The lowest BCUT2D eigenvalue weighted by Crippen LogP contribution is -2.31. The van der Waals surface area contributed by atoms with Crippen molar-refractivity contribution < 1.29 is 9.52 Å². The minimum atomic E-state index is 0.0566. The predicted molar refractivity (Wildman–Crippen MR) is 95.9 cm³/mol. The van der Waals surface area contributed by atoms with Crippen molar-refractivity contribution in [1.29, 1.82) is 0 Å². The van der Waals surface area contributed by atoms with E-state index >= 15 is 0 Å². The van der Waals surface area contributed by atoms with Gasteiger partial charge in [0.15, 0.2) is 0 Å². The SMILES string of the molecule is Cc1nnc(CN(CCCO)C(c2ccccc2)c2ccccc2)o1. The first-order valence-corrected chi connectivity index (χ1v) is 8.51. The summed E-state index contributed by atoms with van der Waals surface area (Å²) in [6.45, 7) is 3.21. The Balaban J connectivity index is 1.96. The zero-order valence-corrected chi connectivity index (χ0v) is 14.4. The molecule has 0 aliphatic heterocycles. The van der Waals surface area contributed by atoms with E-state index in [-0.39, 0.29) is 12.6 Å². The monoisotopic (exact) mass is 337 g/mol. The van der Waals surface area contributed by atoms with Gasteiger partial charge >= 0.3 is 0 Å². The molecule has 0 saturated heterocycles. The van der Waals surface area contributed by atoms with E-state index in [1.807, 2.05) is 36.4 Å². The number of aliphatic hydroxyl groups excluding tert-OH is 1. The van der Waals surface area contributed by atoms with E-state index in [0.717, 1.165) is 6.54 Å². The molecule has 0 atom stereocenters. The van der Waals surface area contributed by atoms with Crippen LogP contribution in [0.25, 0.3) is 0 Å². The maximum atomic E-state index is 9.33. The highest BCUT2D eigenvalue weighted by Crippen LogP contribution is 2.30. The standard InChI is InChI=1S/C20H23N3O2/c1-16-21-22-19(25-16)15-23(13-8-14-24)20(17-9-4-2-5-10-17)18-11-6-3-7-12-18/h2-7,9-12,20,24H,8,13-15H2,1H3. The van der Waals surface area contributed by atoms with Gasteiger partial charge in [-0.3, -0.25) is 4.90 Å². The largest absolute Gasteiger partial charge is 0.424 e. The molecule has 3 aromatic rings. The Bertz CT molecular complexity index is 719. The Kier molecular flexibility index (Phi) is 5.93. The predicted octanol–water partition coefficient (Wildman–Crippen LogP) is 3.35. The topological polar surface area (TPSA) is 62.4 Å². The summed E-state index contributed by atoms with van der Waals surface area (Å²) in [5.41, 5.74) is 2.39. The molecule has 1 aromatic heterocycles. The smallest absolute Gasteiger partial charge is 0.230 e. The molecule has 130 valence electrons. The average Bonchev–Trinajstić information content (AvgIpc) is 3.06. The fourth-order valence-corrected chi connectivity index (χ4v) is 3.03. The minimum absolute atomic E-state index is 0.0566. The van der Waals surface area contributed by atoms with Gasteiger partial charge in [-0.25, -0.2) is 0 Å². The highest BCUT2D eigenvalue weighted by molar-refractivity contribution is 5.31. The third-order valence-electron chi connectivity index (χ3n) is 4.11. The maximum Gasteiger partial charge on any atom is 0.230 e. The van der Waals surface area contributed by atoms with Crippen LogP contribution in [-0.2, 0) is 6.54 Å². The van der Waals surface area contributed by atoms with Crippen LogP contribution in [-0.4, -0.2) is 33.4 Å². The van der Waals surface area contributed by atoms with Crippen molar-refractivity contribution in [3.63, 3.8) is 0 Å². The number of benzene rings is 2. The van der Waals surface area contributed by atoms with Crippen molar-refractivity contribution in [3.8, 4) is 0 Å². The van der Waals surface area contributed by atoms with Crippen LogP contribution >= 0.6 is 0 Å². The lowest BCUT2D eigenvalue weighted by molar-refractivity contribution is 0.172. The molecule has 1 N–H and O–H groups in total. The first kappa shape index (κ1) is 17.3. The van der Waals surface area contributed by atoms with E-state index in [1.165, 1.54) is 11.1 Å². The lowest BCUT2D eigenvalue weighted by Gasteiger charge is -2.31. The van der Waals surface area contributed by atoms with Crippen molar-refractivity contribution in [1.82, 2.24) is 15.1 Å². The van der Waals surface area contributed by atoms with Gasteiger partial charge in [-0.2, -0.15) is 0 Å². The molecular formula is C20H23N3O2. The van der Waals surface area contributed by atoms with Crippen LogP contribution in [0, 0.1) is 6.92 Å². The third kappa shape index (κ3) is 4.53. The van der Waals surface area contributed by atoms with E-state index in [2.05, 4.69) is 39.4 Å². The highest BCUT2D eigenvalue weighted by Gasteiger charge is 2.23. The van der Waals surface area contributed by atoms with E-state index < -0.39 is 0 Å². The normalized spacial score (nSPS) is 11.4. The Labute approximate surface area is 147 Å². The third-order valence-corrected chi connectivity index (χ3v) is 4.11. The van der Waals surface area contributed by atoms with Crippen LogP contribution in [0.3, 0.4) is 0 Å². The average molecular weight is 337 g/mol. The van der Waals surface area contributed by atoms with Gasteiger partial charge in [0, 0.05) is 20.1 Å². The molecule has 0 bridgehead atoms. The summed E-state index contributed by atoms with van der Waals surface area (Å²) in [7, 11) is 0. The second-order valence-electron chi connectivity index (χ2n) is 5.99. The fraction of sp³-hybridized carbons (Fsp3) is 0.300. The van der Waals surface area contributed by atoms with Crippen LogP contribution in [0.1, 0.15) is 35.4 Å². The molecule has 0 fully saturated rings. The number of hydrogen-bond acceptors (Lipinski definition) is 5. The van der Waals surface area contributed by atoms with Gasteiger partial charge in [0.25, 0.3) is 0 Å². The molecule has 0 unspecified atom stereocenters. The summed E-state index contributed by atoms with van der Waals surface area (Å²) in [6, 6.07) is 20.8. The van der Waals surface area contributed by atoms with Crippen molar-refractivity contribution in [2.24, 2.45) is 0 Å². The molecular weight excluding hydrogens is 314 g/mol. The Morgan fingerprint density at radius 1 is 0.960 bits per heavy atom. The molecule has 5 heteroatoms. The molecule has 5 nitrogen and oxygen atoms in total.